The minimum absolute atomic E-state index is 0.251. The van der Waals surface area contributed by atoms with Gasteiger partial charge in [0.15, 0.2) is 0 Å². The zero-order valence-electron chi connectivity index (χ0n) is 9.21. The van der Waals surface area contributed by atoms with E-state index in [-0.39, 0.29) is 21.5 Å². The average Bonchev–Trinajstić information content (AvgIpc) is 2.30. The molecule has 0 bridgehead atoms. The van der Waals surface area contributed by atoms with Crippen molar-refractivity contribution in [3.8, 4) is 0 Å². The Hall–Kier alpha value is -1.11. The summed E-state index contributed by atoms with van der Waals surface area (Å²) < 4.78 is 2.41. The Balaban J connectivity index is 1.98. The summed E-state index contributed by atoms with van der Waals surface area (Å²) in [6, 6.07) is 1.84. The van der Waals surface area contributed by atoms with Gasteiger partial charge in [-0.15, -0.1) is 0 Å². The summed E-state index contributed by atoms with van der Waals surface area (Å²) in [7, 11) is 0. The molecule has 0 spiro atoms. The van der Waals surface area contributed by atoms with Gasteiger partial charge in [0.2, 0.25) is 0 Å². The summed E-state index contributed by atoms with van der Waals surface area (Å²) in [5, 5.41) is 0. The molecule has 0 saturated heterocycles. The summed E-state index contributed by atoms with van der Waals surface area (Å²) in [4.78, 5) is 8.55. The van der Waals surface area contributed by atoms with Gasteiger partial charge in [-0.05, 0) is 0 Å². The van der Waals surface area contributed by atoms with Gasteiger partial charge < -0.3 is 0 Å². The zero-order chi connectivity index (χ0) is 11.4. The Morgan fingerprint density at radius 3 is 2.81 bits per heavy atom. The van der Waals surface area contributed by atoms with E-state index in [1.807, 2.05) is 21.6 Å². The predicted molar refractivity (Wildman–Crippen MR) is 58.5 cm³/mol. The van der Waals surface area contributed by atoms with Gasteiger partial charge >= 0.3 is 106 Å². The van der Waals surface area contributed by atoms with Crippen LogP contribution in [0.15, 0.2) is 42.5 Å². The second-order valence-corrected chi connectivity index (χ2v) is 6.83. The number of alkyl halides is 1. The van der Waals surface area contributed by atoms with Gasteiger partial charge in [-0.2, -0.15) is 0 Å². The van der Waals surface area contributed by atoms with Crippen LogP contribution in [0, 0.1) is 0 Å². The van der Waals surface area contributed by atoms with Crippen LogP contribution in [0.1, 0.15) is 23.6 Å². The van der Waals surface area contributed by atoms with Gasteiger partial charge in [0.25, 0.3) is 0 Å². The third-order valence-electron chi connectivity index (χ3n) is 2.01. The normalized spacial score (nSPS) is 16.9. The molecule has 0 saturated carbocycles. The van der Waals surface area contributed by atoms with Gasteiger partial charge in [0.05, 0.1) is 0 Å². The van der Waals surface area contributed by atoms with E-state index in [9.17, 15) is 0 Å². The maximum atomic E-state index is 4.32. The fourth-order valence-corrected chi connectivity index (χ4v) is 3.54. The molecule has 0 radical (unpaired) electrons. The molecule has 4 nitrogen and oxygen atoms in total. The molecule has 2 rings (SSSR count). The van der Waals surface area contributed by atoms with E-state index in [0.29, 0.717) is 3.92 Å². The maximum absolute atomic E-state index is 4.32. The first-order chi connectivity index (χ1) is 7.75. The fraction of sp³-hybridized carbons (Fsp3) is 0.273. The standard InChI is InChI=1S/C11H13IN4/c1-9-4-7-15-16(8-9)12-10(2)11-13-5-3-6-14-11/h3-8,10H,1-2H3/q-2. The number of nitrogens with zero attached hydrogens (tertiary/aromatic N) is 4. The summed E-state index contributed by atoms with van der Waals surface area (Å²) in [6.45, 7) is 4.23. The summed E-state index contributed by atoms with van der Waals surface area (Å²) in [5.74, 6) is 0.908. The number of allylic oxidation sites excluding steroid dienone is 2. The van der Waals surface area contributed by atoms with E-state index in [1.165, 1.54) is 5.57 Å². The minimum atomic E-state index is -0.251. The van der Waals surface area contributed by atoms with Crippen molar-refractivity contribution in [2.45, 2.75) is 17.8 Å². The molecule has 0 amide bonds. The second kappa shape index (κ2) is 5.29. The molecule has 1 aliphatic rings. The van der Waals surface area contributed by atoms with E-state index >= 15 is 0 Å². The second-order valence-electron chi connectivity index (χ2n) is 3.41. The van der Waals surface area contributed by atoms with Crippen molar-refractivity contribution in [1.29, 1.82) is 0 Å². The fourth-order valence-electron chi connectivity index (χ4n) is 1.22. The molecule has 1 aliphatic heterocycles. The summed E-state index contributed by atoms with van der Waals surface area (Å²) in [6.07, 6.45) is 9.50. The van der Waals surface area contributed by atoms with E-state index in [4.69, 9.17) is 0 Å². The average molecular weight is 328 g/mol. The van der Waals surface area contributed by atoms with Crippen LogP contribution in [0.5, 0.6) is 0 Å². The Morgan fingerprint density at radius 2 is 2.12 bits per heavy atom. The Kier molecular flexibility index (Phi) is 3.76. The molecule has 86 valence electrons. The van der Waals surface area contributed by atoms with Crippen LogP contribution < -0.4 is 21.5 Å². The molecule has 16 heavy (non-hydrogen) atoms. The molecule has 1 aromatic rings. The number of halogens is 1. The van der Waals surface area contributed by atoms with Crippen LogP contribution >= 0.6 is 0 Å². The Labute approximate surface area is 106 Å². The molecule has 0 fully saturated rings. The first kappa shape index (κ1) is 11.4. The molecular weight excluding hydrogens is 315 g/mol. The third kappa shape index (κ3) is 2.94. The SMILES string of the molecule is CC1=CN([I-]C(C)c2ncccn2)[N-]C=C1. The van der Waals surface area contributed by atoms with Crippen LogP contribution in [0.25, 0.3) is 5.43 Å². The number of hydrogen-bond donors (Lipinski definition) is 0. The van der Waals surface area contributed by atoms with Crippen molar-refractivity contribution in [2.24, 2.45) is 0 Å². The van der Waals surface area contributed by atoms with Gasteiger partial charge in [0.1, 0.15) is 0 Å². The monoisotopic (exact) mass is 328 g/mol. The topological polar surface area (TPSA) is 43.1 Å². The van der Waals surface area contributed by atoms with Crippen molar-refractivity contribution >= 4 is 0 Å². The molecule has 2 heterocycles. The molecule has 0 N–H and O–H groups in total. The first-order valence-electron chi connectivity index (χ1n) is 5.01. The molecular formula is C11H13IN4-2. The molecule has 5 heteroatoms. The molecule has 1 atom stereocenters. The van der Waals surface area contributed by atoms with Gasteiger partial charge in [-0.25, -0.2) is 0 Å². The molecule has 1 unspecified atom stereocenters. The summed E-state index contributed by atoms with van der Waals surface area (Å²) in [5.41, 5.74) is 5.55. The van der Waals surface area contributed by atoms with Crippen LogP contribution in [0.3, 0.4) is 0 Å². The number of aromatic nitrogens is 2. The van der Waals surface area contributed by atoms with Crippen molar-refractivity contribution < 1.29 is 21.5 Å². The van der Waals surface area contributed by atoms with E-state index < -0.39 is 0 Å². The van der Waals surface area contributed by atoms with E-state index in [0.717, 1.165) is 5.82 Å². The zero-order valence-corrected chi connectivity index (χ0v) is 11.4. The van der Waals surface area contributed by atoms with Crippen LogP contribution in [0.2, 0.25) is 0 Å². The van der Waals surface area contributed by atoms with Crippen molar-refractivity contribution in [1.82, 2.24) is 13.2 Å². The Bertz CT molecular complexity index is 402. The van der Waals surface area contributed by atoms with E-state index in [2.05, 4.69) is 35.4 Å². The van der Waals surface area contributed by atoms with Crippen molar-refractivity contribution in [3.63, 3.8) is 0 Å². The van der Waals surface area contributed by atoms with Gasteiger partial charge in [-0.3, -0.25) is 0 Å². The van der Waals surface area contributed by atoms with Crippen molar-refractivity contribution in [2.75, 3.05) is 0 Å². The molecule has 1 aromatic heterocycles. The van der Waals surface area contributed by atoms with Gasteiger partial charge in [0, 0.05) is 0 Å². The predicted octanol–water partition coefficient (Wildman–Crippen LogP) is -0.437. The van der Waals surface area contributed by atoms with Crippen LogP contribution in [-0.4, -0.2) is 13.2 Å². The van der Waals surface area contributed by atoms with Crippen molar-refractivity contribution in [3.05, 3.63) is 53.8 Å². The number of rotatable bonds is 3. The van der Waals surface area contributed by atoms with E-state index in [1.54, 1.807) is 12.4 Å². The van der Waals surface area contributed by atoms with Crippen LogP contribution in [-0.2, 0) is 0 Å². The quantitative estimate of drug-likeness (QED) is 0.429. The van der Waals surface area contributed by atoms with Gasteiger partial charge in [-0.1, -0.05) is 0 Å². The summed E-state index contributed by atoms with van der Waals surface area (Å²) >= 11 is -0.251. The first-order valence-corrected chi connectivity index (χ1v) is 7.22. The Morgan fingerprint density at radius 1 is 1.38 bits per heavy atom. The molecule has 0 aromatic carbocycles. The van der Waals surface area contributed by atoms with Crippen LogP contribution in [0.4, 0.5) is 0 Å². The number of hydrogen-bond acceptors (Lipinski definition) is 3. The molecule has 0 aliphatic carbocycles. The third-order valence-corrected chi connectivity index (χ3v) is 4.50.